The summed E-state index contributed by atoms with van der Waals surface area (Å²) in [6, 6.07) is 5.16. The Kier molecular flexibility index (Phi) is 4.16. The number of aldehydes is 1. The lowest BCUT2D eigenvalue weighted by atomic mass is 9.98. The van der Waals surface area contributed by atoms with E-state index in [9.17, 15) is 9.90 Å². The topological polar surface area (TPSA) is 46.5 Å². The largest absolute Gasteiger partial charge is 0.504 e. The average Bonchev–Trinajstić information content (AvgIpc) is 2.28. The van der Waals surface area contributed by atoms with Crippen LogP contribution in [0.3, 0.4) is 0 Å². The van der Waals surface area contributed by atoms with E-state index >= 15 is 0 Å². The van der Waals surface area contributed by atoms with Crippen LogP contribution in [-0.4, -0.2) is 18.5 Å². The highest BCUT2D eigenvalue weighted by atomic mass is 16.5. The highest BCUT2D eigenvalue weighted by Crippen LogP contribution is 2.27. The van der Waals surface area contributed by atoms with Gasteiger partial charge in [0, 0.05) is 5.92 Å². The molecule has 0 aliphatic rings. The summed E-state index contributed by atoms with van der Waals surface area (Å²) in [5.41, 5.74) is 1.00. The van der Waals surface area contributed by atoms with Gasteiger partial charge in [0.1, 0.15) is 6.29 Å². The minimum atomic E-state index is 0.0410. The molecule has 1 atom stereocenters. The van der Waals surface area contributed by atoms with E-state index < -0.39 is 0 Å². The summed E-state index contributed by atoms with van der Waals surface area (Å²) in [4.78, 5) is 10.7. The molecule has 1 rings (SSSR count). The number of carbonyl (C=O) groups excluding carboxylic acids is 1. The zero-order chi connectivity index (χ0) is 11.3. The van der Waals surface area contributed by atoms with Gasteiger partial charge in [-0.2, -0.15) is 0 Å². The van der Waals surface area contributed by atoms with Crippen LogP contribution in [0.15, 0.2) is 18.2 Å². The summed E-state index contributed by atoms with van der Waals surface area (Å²) in [5.74, 6) is 0.618. The Bertz CT molecular complexity index is 334. The van der Waals surface area contributed by atoms with Crippen LogP contribution in [0.1, 0.15) is 18.9 Å². The first kappa shape index (κ1) is 11.6. The molecule has 1 aromatic carbocycles. The predicted molar refractivity (Wildman–Crippen MR) is 58.2 cm³/mol. The number of phenolic OH excluding ortho intramolecular Hbond substituents is 1. The fourth-order valence-electron chi connectivity index (χ4n) is 1.44. The average molecular weight is 208 g/mol. The Labute approximate surface area is 89.7 Å². The molecule has 0 radical (unpaired) electrons. The summed E-state index contributed by atoms with van der Waals surface area (Å²) in [6.45, 7) is 1.98. The highest BCUT2D eigenvalue weighted by Gasteiger charge is 2.08. The second-order valence-electron chi connectivity index (χ2n) is 3.51. The van der Waals surface area contributed by atoms with Crippen molar-refractivity contribution in [3.63, 3.8) is 0 Å². The number of aromatic hydroxyl groups is 1. The Hall–Kier alpha value is -1.51. The van der Waals surface area contributed by atoms with Crippen molar-refractivity contribution >= 4 is 6.29 Å². The number of carbonyl (C=O) groups is 1. The van der Waals surface area contributed by atoms with Crippen molar-refractivity contribution in [2.75, 3.05) is 7.11 Å². The molecule has 0 bridgehead atoms. The van der Waals surface area contributed by atoms with Gasteiger partial charge in [0.15, 0.2) is 11.5 Å². The Balaban J connectivity index is 2.81. The number of benzene rings is 1. The number of methoxy groups -OCH3 is 1. The molecule has 0 aliphatic heterocycles. The molecular formula is C12H16O3. The standard InChI is InChI=1S/C12H16O3/c1-3-9(8-13)6-10-4-5-11(14)12(7-10)15-2/h4-5,7-9,14H,3,6H2,1-2H3. The van der Waals surface area contributed by atoms with Gasteiger partial charge in [0.2, 0.25) is 0 Å². The second-order valence-corrected chi connectivity index (χ2v) is 3.51. The van der Waals surface area contributed by atoms with Gasteiger partial charge in [-0.05, 0) is 30.5 Å². The van der Waals surface area contributed by atoms with E-state index in [1.54, 1.807) is 12.1 Å². The molecule has 3 nitrogen and oxygen atoms in total. The quantitative estimate of drug-likeness (QED) is 0.754. The number of hydrogen-bond acceptors (Lipinski definition) is 3. The van der Waals surface area contributed by atoms with Crippen LogP contribution in [0.25, 0.3) is 0 Å². The minimum Gasteiger partial charge on any atom is -0.504 e. The summed E-state index contributed by atoms with van der Waals surface area (Å²) in [7, 11) is 1.51. The van der Waals surface area contributed by atoms with Crippen LogP contribution in [0.5, 0.6) is 11.5 Å². The van der Waals surface area contributed by atoms with Crippen molar-refractivity contribution in [1.29, 1.82) is 0 Å². The van der Waals surface area contributed by atoms with Gasteiger partial charge >= 0.3 is 0 Å². The van der Waals surface area contributed by atoms with E-state index in [2.05, 4.69) is 0 Å². The van der Waals surface area contributed by atoms with Crippen LogP contribution < -0.4 is 4.74 Å². The first-order chi connectivity index (χ1) is 7.21. The molecule has 1 N–H and O–H groups in total. The second kappa shape index (κ2) is 5.39. The highest BCUT2D eigenvalue weighted by molar-refractivity contribution is 5.54. The fraction of sp³-hybridized carbons (Fsp3) is 0.417. The molecule has 1 unspecified atom stereocenters. The minimum absolute atomic E-state index is 0.0410. The maximum absolute atomic E-state index is 10.7. The summed E-state index contributed by atoms with van der Waals surface area (Å²) < 4.78 is 5.00. The van der Waals surface area contributed by atoms with Crippen LogP contribution >= 0.6 is 0 Å². The molecule has 3 heteroatoms. The molecular weight excluding hydrogens is 192 g/mol. The van der Waals surface area contributed by atoms with E-state index in [1.165, 1.54) is 7.11 Å². The zero-order valence-corrected chi connectivity index (χ0v) is 9.06. The van der Waals surface area contributed by atoms with E-state index in [0.717, 1.165) is 18.3 Å². The first-order valence-electron chi connectivity index (χ1n) is 5.02. The smallest absolute Gasteiger partial charge is 0.160 e. The van der Waals surface area contributed by atoms with Gasteiger partial charge in [0.05, 0.1) is 7.11 Å². The third kappa shape index (κ3) is 2.98. The molecule has 0 spiro atoms. The maximum atomic E-state index is 10.7. The predicted octanol–water partition coefficient (Wildman–Crippen LogP) is 2.17. The normalized spacial score (nSPS) is 12.1. The lowest BCUT2D eigenvalue weighted by Crippen LogP contribution is -2.04. The summed E-state index contributed by atoms with van der Waals surface area (Å²) in [5, 5.41) is 9.39. The molecule has 0 aromatic heterocycles. The van der Waals surface area contributed by atoms with Gasteiger partial charge in [0.25, 0.3) is 0 Å². The molecule has 0 aliphatic carbocycles. The summed E-state index contributed by atoms with van der Waals surface area (Å²) in [6.07, 6.45) is 2.49. The first-order valence-corrected chi connectivity index (χ1v) is 5.02. The van der Waals surface area contributed by atoms with Crippen molar-refractivity contribution in [2.45, 2.75) is 19.8 Å². The number of rotatable bonds is 5. The van der Waals surface area contributed by atoms with Gasteiger partial charge in [-0.3, -0.25) is 0 Å². The summed E-state index contributed by atoms with van der Waals surface area (Å²) >= 11 is 0. The molecule has 0 amide bonds. The molecule has 82 valence electrons. The molecule has 1 aromatic rings. The monoisotopic (exact) mass is 208 g/mol. The van der Waals surface area contributed by atoms with Crippen molar-refractivity contribution in [3.8, 4) is 11.5 Å². The van der Waals surface area contributed by atoms with Crippen LogP contribution in [0.4, 0.5) is 0 Å². The number of phenols is 1. The van der Waals surface area contributed by atoms with E-state index in [0.29, 0.717) is 12.2 Å². The van der Waals surface area contributed by atoms with Crippen molar-refractivity contribution < 1.29 is 14.6 Å². The molecule has 0 saturated heterocycles. The maximum Gasteiger partial charge on any atom is 0.160 e. The third-order valence-corrected chi connectivity index (χ3v) is 2.46. The van der Waals surface area contributed by atoms with Crippen molar-refractivity contribution in [2.24, 2.45) is 5.92 Å². The van der Waals surface area contributed by atoms with Crippen LogP contribution in [-0.2, 0) is 11.2 Å². The molecule has 15 heavy (non-hydrogen) atoms. The lowest BCUT2D eigenvalue weighted by Gasteiger charge is -2.09. The van der Waals surface area contributed by atoms with Crippen molar-refractivity contribution in [1.82, 2.24) is 0 Å². The SMILES string of the molecule is CCC(C=O)Cc1ccc(O)c(OC)c1. The van der Waals surface area contributed by atoms with E-state index in [4.69, 9.17) is 4.74 Å². The Morgan fingerprint density at radius 1 is 1.53 bits per heavy atom. The molecule has 0 saturated carbocycles. The van der Waals surface area contributed by atoms with Crippen molar-refractivity contribution in [3.05, 3.63) is 23.8 Å². The fourth-order valence-corrected chi connectivity index (χ4v) is 1.44. The Morgan fingerprint density at radius 2 is 2.27 bits per heavy atom. The van der Waals surface area contributed by atoms with Gasteiger partial charge < -0.3 is 14.6 Å². The lowest BCUT2D eigenvalue weighted by molar-refractivity contribution is -0.111. The van der Waals surface area contributed by atoms with Gasteiger partial charge in [-0.25, -0.2) is 0 Å². The Morgan fingerprint density at radius 3 is 2.80 bits per heavy atom. The van der Waals surface area contributed by atoms with Crippen LogP contribution in [0.2, 0.25) is 0 Å². The van der Waals surface area contributed by atoms with E-state index in [1.807, 2.05) is 13.0 Å². The number of ether oxygens (including phenoxy) is 1. The number of hydrogen-bond donors (Lipinski definition) is 1. The molecule has 0 heterocycles. The zero-order valence-electron chi connectivity index (χ0n) is 9.06. The van der Waals surface area contributed by atoms with Gasteiger partial charge in [-0.15, -0.1) is 0 Å². The third-order valence-electron chi connectivity index (χ3n) is 2.46. The van der Waals surface area contributed by atoms with Gasteiger partial charge in [-0.1, -0.05) is 13.0 Å². The van der Waals surface area contributed by atoms with E-state index in [-0.39, 0.29) is 11.7 Å². The van der Waals surface area contributed by atoms with Crippen LogP contribution in [0, 0.1) is 5.92 Å². The molecule has 0 fully saturated rings.